The van der Waals surface area contributed by atoms with Crippen molar-refractivity contribution in [2.24, 2.45) is 0 Å². The smallest absolute Gasteiger partial charge is 0.165 e. The molecule has 0 fully saturated rings. The molecular formula is C42H27N5. The second-order valence-corrected chi connectivity index (χ2v) is 11.6. The zero-order valence-corrected chi connectivity index (χ0v) is 25.3. The van der Waals surface area contributed by atoms with Crippen LogP contribution in [0.15, 0.2) is 164 Å². The first kappa shape index (κ1) is 26.9. The van der Waals surface area contributed by atoms with Crippen LogP contribution in [-0.4, -0.2) is 24.3 Å². The Morgan fingerprint density at radius 1 is 0.383 bits per heavy atom. The van der Waals surface area contributed by atoms with Crippen LogP contribution < -0.4 is 0 Å². The SMILES string of the molecule is c1ccc(-c2ccc(-c3cc(-c4cccc(-c5nc6c(nc7ccccn76)c6ccccc56)c4)nc(-c4ccccc4)n3)cc2)cc1. The zero-order chi connectivity index (χ0) is 31.2. The molecule has 0 amide bonds. The molecule has 9 rings (SSSR count). The highest BCUT2D eigenvalue weighted by Crippen LogP contribution is 2.35. The molecule has 4 aromatic heterocycles. The van der Waals surface area contributed by atoms with Gasteiger partial charge in [0, 0.05) is 39.2 Å². The van der Waals surface area contributed by atoms with E-state index >= 15 is 0 Å². The molecule has 5 nitrogen and oxygen atoms in total. The van der Waals surface area contributed by atoms with Gasteiger partial charge in [-0.05, 0) is 35.4 Å². The zero-order valence-electron chi connectivity index (χ0n) is 25.3. The van der Waals surface area contributed by atoms with Crippen LogP contribution in [-0.2, 0) is 0 Å². The van der Waals surface area contributed by atoms with E-state index in [4.69, 9.17) is 19.9 Å². The lowest BCUT2D eigenvalue weighted by Crippen LogP contribution is -1.96. The first-order valence-electron chi connectivity index (χ1n) is 15.7. The summed E-state index contributed by atoms with van der Waals surface area (Å²) in [4.78, 5) is 20.3. The average molecular weight is 602 g/mol. The number of aromatic nitrogens is 5. The average Bonchev–Trinajstić information content (AvgIpc) is 3.54. The third-order valence-corrected chi connectivity index (χ3v) is 8.64. The fourth-order valence-corrected chi connectivity index (χ4v) is 6.30. The van der Waals surface area contributed by atoms with Crippen molar-refractivity contribution in [2.45, 2.75) is 0 Å². The number of fused-ring (bicyclic) bond motifs is 5. The fourth-order valence-electron chi connectivity index (χ4n) is 6.30. The van der Waals surface area contributed by atoms with Gasteiger partial charge in [-0.2, -0.15) is 0 Å². The maximum absolute atomic E-state index is 5.23. The van der Waals surface area contributed by atoms with E-state index in [1.807, 2.05) is 48.7 Å². The van der Waals surface area contributed by atoms with Crippen molar-refractivity contribution in [1.29, 1.82) is 0 Å². The first-order chi connectivity index (χ1) is 23.3. The van der Waals surface area contributed by atoms with Crippen molar-refractivity contribution in [3.8, 4) is 56.3 Å². The summed E-state index contributed by atoms with van der Waals surface area (Å²) in [7, 11) is 0. The second kappa shape index (κ2) is 11.2. The Bertz CT molecular complexity index is 2550. The number of rotatable bonds is 5. The Morgan fingerprint density at radius 2 is 0.979 bits per heavy atom. The van der Waals surface area contributed by atoms with Gasteiger partial charge in [0.2, 0.25) is 0 Å². The molecule has 0 atom stereocenters. The van der Waals surface area contributed by atoms with Crippen LogP contribution in [0.4, 0.5) is 0 Å². The Labute approximate surface area is 271 Å². The first-order valence-corrected chi connectivity index (χ1v) is 15.7. The van der Waals surface area contributed by atoms with Crippen LogP contribution in [0.1, 0.15) is 0 Å². The summed E-state index contributed by atoms with van der Waals surface area (Å²) in [5, 5.41) is 2.14. The van der Waals surface area contributed by atoms with E-state index < -0.39 is 0 Å². The highest BCUT2D eigenvalue weighted by Gasteiger charge is 2.16. The number of pyridine rings is 2. The van der Waals surface area contributed by atoms with Gasteiger partial charge in [-0.1, -0.05) is 133 Å². The summed E-state index contributed by atoms with van der Waals surface area (Å²) in [6.45, 7) is 0. The van der Waals surface area contributed by atoms with Gasteiger partial charge in [-0.25, -0.2) is 19.9 Å². The van der Waals surface area contributed by atoms with Gasteiger partial charge in [0.25, 0.3) is 0 Å². The van der Waals surface area contributed by atoms with Crippen LogP contribution in [0.2, 0.25) is 0 Å². The monoisotopic (exact) mass is 601 g/mol. The van der Waals surface area contributed by atoms with Crippen molar-refractivity contribution in [3.63, 3.8) is 0 Å². The molecule has 0 aliphatic rings. The normalized spacial score (nSPS) is 11.4. The largest absolute Gasteiger partial charge is 0.284 e. The maximum Gasteiger partial charge on any atom is 0.165 e. The Morgan fingerprint density at radius 3 is 1.77 bits per heavy atom. The lowest BCUT2D eigenvalue weighted by molar-refractivity contribution is 1.18. The van der Waals surface area contributed by atoms with E-state index in [0.29, 0.717) is 5.82 Å². The minimum absolute atomic E-state index is 0.686. The minimum atomic E-state index is 0.686. The number of hydrogen-bond donors (Lipinski definition) is 0. The van der Waals surface area contributed by atoms with Crippen LogP contribution in [0, 0.1) is 0 Å². The van der Waals surface area contributed by atoms with Crippen LogP contribution in [0.3, 0.4) is 0 Å². The van der Waals surface area contributed by atoms with Gasteiger partial charge in [0.15, 0.2) is 11.5 Å². The Balaban J connectivity index is 1.20. The summed E-state index contributed by atoms with van der Waals surface area (Å²) in [6, 6.07) is 54.2. The van der Waals surface area contributed by atoms with E-state index in [0.717, 1.165) is 66.9 Å². The van der Waals surface area contributed by atoms with Gasteiger partial charge in [-0.3, -0.25) is 4.40 Å². The Kier molecular flexibility index (Phi) is 6.39. The van der Waals surface area contributed by atoms with Crippen molar-refractivity contribution in [2.75, 3.05) is 0 Å². The van der Waals surface area contributed by atoms with Gasteiger partial charge < -0.3 is 0 Å². The summed E-state index contributed by atoms with van der Waals surface area (Å²) < 4.78 is 2.06. The number of hydrogen-bond acceptors (Lipinski definition) is 4. The van der Waals surface area contributed by atoms with E-state index in [1.165, 1.54) is 11.1 Å². The minimum Gasteiger partial charge on any atom is -0.284 e. The lowest BCUT2D eigenvalue weighted by Gasteiger charge is -2.12. The molecule has 0 saturated heterocycles. The molecule has 0 unspecified atom stereocenters. The molecule has 0 N–H and O–H groups in total. The highest BCUT2D eigenvalue weighted by molar-refractivity contribution is 6.09. The second-order valence-electron chi connectivity index (χ2n) is 11.6. The van der Waals surface area contributed by atoms with Gasteiger partial charge in [0.05, 0.1) is 17.1 Å². The molecule has 9 aromatic rings. The lowest BCUT2D eigenvalue weighted by atomic mass is 9.99. The van der Waals surface area contributed by atoms with Crippen molar-refractivity contribution < 1.29 is 0 Å². The van der Waals surface area contributed by atoms with E-state index in [9.17, 15) is 0 Å². The summed E-state index contributed by atoms with van der Waals surface area (Å²) in [6.07, 6.45) is 2.02. The molecule has 47 heavy (non-hydrogen) atoms. The topological polar surface area (TPSA) is 56.0 Å². The molecule has 0 saturated carbocycles. The summed E-state index contributed by atoms with van der Waals surface area (Å²) >= 11 is 0. The third kappa shape index (κ3) is 4.82. The molecular weight excluding hydrogens is 574 g/mol. The standard InChI is InChI=1S/C42H27N5/c1-3-12-28(13-4-1)29-21-23-30(24-22-29)36-27-37(44-41(43-36)31-14-5-2-6-15-31)32-16-11-17-33(26-32)39-34-18-7-8-19-35(34)40-42(46-39)47-25-10-9-20-38(47)45-40/h1-27H. The van der Waals surface area contributed by atoms with Crippen molar-refractivity contribution in [3.05, 3.63) is 164 Å². The molecule has 0 radical (unpaired) electrons. The highest BCUT2D eigenvalue weighted by atomic mass is 15.1. The number of benzene rings is 5. The van der Waals surface area contributed by atoms with Gasteiger partial charge in [0.1, 0.15) is 11.2 Å². The van der Waals surface area contributed by atoms with Crippen molar-refractivity contribution in [1.82, 2.24) is 24.3 Å². The molecule has 5 heteroatoms. The molecule has 0 bridgehead atoms. The quantitative estimate of drug-likeness (QED) is 0.197. The predicted octanol–water partition coefficient (Wildman–Crippen LogP) is 10.2. The number of imidazole rings is 1. The Hall–Kier alpha value is -6.46. The predicted molar refractivity (Wildman–Crippen MR) is 191 cm³/mol. The van der Waals surface area contributed by atoms with Gasteiger partial charge in [-0.15, -0.1) is 0 Å². The van der Waals surface area contributed by atoms with Gasteiger partial charge >= 0.3 is 0 Å². The fraction of sp³-hybridized carbons (Fsp3) is 0. The third-order valence-electron chi connectivity index (χ3n) is 8.64. The summed E-state index contributed by atoms with van der Waals surface area (Å²) in [5.74, 6) is 0.686. The van der Waals surface area contributed by atoms with Crippen LogP contribution in [0.25, 0.3) is 83.9 Å². The molecule has 0 aliphatic carbocycles. The summed E-state index contributed by atoms with van der Waals surface area (Å²) in [5.41, 5.74) is 11.6. The van der Waals surface area contributed by atoms with Crippen molar-refractivity contribution >= 4 is 27.6 Å². The number of nitrogens with zero attached hydrogens (tertiary/aromatic N) is 5. The molecule has 0 spiro atoms. The molecule has 220 valence electrons. The van der Waals surface area contributed by atoms with Crippen LogP contribution >= 0.6 is 0 Å². The molecule has 0 aliphatic heterocycles. The molecule has 5 aromatic carbocycles. The maximum atomic E-state index is 5.23. The molecule has 4 heterocycles. The van der Waals surface area contributed by atoms with E-state index in [-0.39, 0.29) is 0 Å². The van der Waals surface area contributed by atoms with E-state index in [2.05, 4.69) is 120 Å². The van der Waals surface area contributed by atoms with Crippen LogP contribution in [0.5, 0.6) is 0 Å². The van der Waals surface area contributed by atoms with E-state index in [1.54, 1.807) is 0 Å².